The van der Waals surface area contributed by atoms with Gasteiger partial charge >= 0.3 is 5.97 Å². The van der Waals surface area contributed by atoms with Crippen molar-refractivity contribution in [1.82, 2.24) is 0 Å². The van der Waals surface area contributed by atoms with Crippen molar-refractivity contribution < 1.29 is 9.53 Å². The second-order valence-corrected chi connectivity index (χ2v) is 3.41. The lowest BCUT2D eigenvalue weighted by molar-refractivity contribution is -0.147. The Balaban J connectivity index is 2.31. The van der Waals surface area contributed by atoms with Crippen LogP contribution >= 0.6 is 12.6 Å². The lowest BCUT2D eigenvalue weighted by atomic mass is 10.1. The molecule has 0 spiro atoms. The fourth-order valence-electron chi connectivity index (χ4n) is 1.16. The van der Waals surface area contributed by atoms with E-state index in [2.05, 4.69) is 19.2 Å². The Morgan fingerprint density at radius 3 is 2.83 bits per heavy atom. The number of hydrogen-bond donors (Lipinski definition) is 1. The van der Waals surface area contributed by atoms with E-state index >= 15 is 0 Å². The summed E-state index contributed by atoms with van der Waals surface area (Å²) in [5.41, 5.74) is 0. The number of thiol groups is 1. The monoisotopic (exact) mass is 186 g/mol. The van der Waals surface area contributed by atoms with Gasteiger partial charge in [0.25, 0.3) is 0 Å². The lowest BCUT2D eigenvalue weighted by Crippen LogP contribution is -2.21. The number of ether oxygens (including phenoxy) is 1. The molecule has 3 heteroatoms. The molecule has 0 N–H and O–H groups in total. The molecule has 1 unspecified atom stereocenters. The molecule has 0 saturated heterocycles. The maximum atomic E-state index is 11.3. The van der Waals surface area contributed by atoms with E-state index in [9.17, 15) is 4.79 Å². The average molecular weight is 186 g/mol. The third-order valence-corrected chi connectivity index (χ3v) is 2.43. The van der Waals surface area contributed by atoms with Gasteiger partial charge in [0, 0.05) is 5.75 Å². The van der Waals surface area contributed by atoms with E-state index in [1.807, 2.05) is 0 Å². The maximum absolute atomic E-state index is 11.3. The number of hydrogen-bond acceptors (Lipinski definition) is 3. The molecule has 0 aliphatic heterocycles. The summed E-state index contributed by atoms with van der Waals surface area (Å²) in [4.78, 5) is 11.3. The summed E-state index contributed by atoms with van der Waals surface area (Å²) in [7, 11) is 0. The molecule has 2 nitrogen and oxygen atoms in total. The van der Waals surface area contributed by atoms with Crippen molar-refractivity contribution in [2.24, 2.45) is 11.8 Å². The highest BCUT2D eigenvalue weighted by Crippen LogP contribution is 2.37. The van der Waals surface area contributed by atoms with Gasteiger partial charge in [-0.15, -0.1) is 0 Å². The first-order valence-electron chi connectivity index (χ1n) is 4.18. The van der Waals surface area contributed by atoms with Crippen LogP contribution in [0.2, 0.25) is 0 Å². The van der Waals surface area contributed by atoms with Crippen molar-refractivity contribution >= 4 is 18.6 Å². The van der Waals surface area contributed by atoms with Gasteiger partial charge in [0.2, 0.25) is 0 Å². The quantitative estimate of drug-likeness (QED) is 0.401. The summed E-state index contributed by atoms with van der Waals surface area (Å²) in [5.74, 6) is 1.01. The van der Waals surface area contributed by atoms with E-state index in [4.69, 9.17) is 4.74 Å². The summed E-state index contributed by atoms with van der Waals surface area (Å²) in [5, 5.41) is 0. The van der Waals surface area contributed by atoms with Crippen LogP contribution in [0.1, 0.15) is 12.8 Å². The average Bonchev–Trinajstić information content (AvgIpc) is 2.86. The second kappa shape index (κ2) is 4.55. The molecule has 1 aliphatic carbocycles. The van der Waals surface area contributed by atoms with E-state index in [0.29, 0.717) is 18.3 Å². The minimum absolute atomic E-state index is 0.00767. The second-order valence-electron chi connectivity index (χ2n) is 3.05. The normalized spacial score (nSPS) is 18.4. The summed E-state index contributed by atoms with van der Waals surface area (Å²) in [6.07, 6.45) is 3.88. The Morgan fingerprint density at radius 1 is 1.75 bits per heavy atom. The van der Waals surface area contributed by atoms with Crippen molar-refractivity contribution in [2.45, 2.75) is 12.8 Å². The highest BCUT2D eigenvalue weighted by atomic mass is 32.1. The molecule has 0 heterocycles. The zero-order chi connectivity index (χ0) is 8.97. The van der Waals surface area contributed by atoms with E-state index in [-0.39, 0.29) is 11.9 Å². The minimum atomic E-state index is -0.118. The Kier molecular flexibility index (Phi) is 3.66. The van der Waals surface area contributed by atoms with Crippen LogP contribution in [0.4, 0.5) is 0 Å². The third-order valence-electron chi connectivity index (χ3n) is 2.03. The Morgan fingerprint density at radius 2 is 2.42 bits per heavy atom. The molecule has 12 heavy (non-hydrogen) atoms. The van der Waals surface area contributed by atoms with Crippen molar-refractivity contribution in [1.29, 1.82) is 0 Å². The molecule has 1 aliphatic rings. The number of rotatable bonds is 5. The van der Waals surface area contributed by atoms with Crippen molar-refractivity contribution in [3.8, 4) is 0 Å². The van der Waals surface area contributed by atoms with Gasteiger partial charge < -0.3 is 4.74 Å². The number of carbonyl (C=O) groups excluding carboxylic acids is 1. The predicted molar refractivity (Wildman–Crippen MR) is 51.2 cm³/mol. The molecule has 0 bridgehead atoms. The SMILES string of the molecule is C=CCOC(=O)C(CS)C1CC1. The van der Waals surface area contributed by atoms with Crippen LogP contribution in [-0.4, -0.2) is 18.3 Å². The summed E-state index contributed by atoms with van der Waals surface area (Å²) in [6, 6.07) is 0. The highest BCUT2D eigenvalue weighted by molar-refractivity contribution is 7.80. The van der Waals surface area contributed by atoms with Gasteiger partial charge in [-0.1, -0.05) is 12.7 Å². The molecule has 0 amide bonds. The van der Waals surface area contributed by atoms with E-state index in [1.165, 1.54) is 0 Å². The smallest absolute Gasteiger partial charge is 0.310 e. The Labute approximate surface area is 78.4 Å². The van der Waals surface area contributed by atoms with Crippen LogP contribution in [0.15, 0.2) is 12.7 Å². The van der Waals surface area contributed by atoms with Crippen LogP contribution in [0.3, 0.4) is 0 Å². The van der Waals surface area contributed by atoms with Gasteiger partial charge in [0.05, 0.1) is 5.92 Å². The molecule has 68 valence electrons. The van der Waals surface area contributed by atoms with Crippen LogP contribution in [0, 0.1) is 11.8 Å². The zero-order valence-electron chi connectivity index (χ0n) is 7.03. The first-order valence-corrected chi connectivity index (χ1v) is 4.81. The number of carbonyl (C=O) groups is 1. The first kappa shape index (κ1) is 9.65. The Hall–Kier alpha value is -0.440. The first-order chi connectivity index (χ1) is 5.79. The van der Waals surface area contributed by atoms with Crippen LogP contribution in [0.5, 0.6) is 0 Å². The molecule has 1 saturated carbocycles. The molecule has 1 fully saturated rings. The van der Waals surface area contributed by atoms with Gasteiger partial charge in [-0.05, 0) is 18.8 Å². The van der Waals surface area contributed by atoms with Crippen molar-refractivity contribution in [3.05, 3.63) is 12.7 Å². The van der Waals surface area contributed by atoms with Gasteiger partial charge in [-0.3, -0.25) is 4.79 Å². The minimum Gasteiger partial charge on any atom is -0.461 e. The maximum Gasteiger partial charge on any atom is 0.310 e. The molecular formula is C9H14O2S. The van der Waals surface area contributed by atoms with E-state index in [0.717, 1.165) is 12.8 Å². The topological polar surface area (TPSA) is 26.3 Å². The third kappa shape index (κ3) is 2.55. The van der Waals surface area contributed by atoms with Crippen LogP contribution in [0.25, 0.3) is 0 Å². The fraction of sp³-hybridized carbons (Fsp3) is 0.667. The van der Waals surface area contributed by atoms with Crippen molar-refractivity contribution in [2.75, 3.05) is 12.4 Å². The molecule has 0 aromatic heterocycles. The lowest BCUT2D eigenvalue weighted by Gasteiger charge is -2.10. The largest absolute Gasteiger partial charge is 0.461 e. The van der Waals surface area contributed by atoms with Gasteiger partial charge in [-0.2, -0.15) is 12.6 Å². The van der Waals surface area contributed by atoms with Crippen LogP contribution < -0.4 is 0 Å². The van der Waals surface area contributed by atoms with E-state index in [1.54, 1.807) is 6.08 Å². The van der Waals surface area contributed by atoms with Crippen LogP contribution in [-0.2, 0) is 9.53 Å². The highest BCUT2D eigenvalue weighted by Gasteiger charge is 2.35. The molecule has 0 radical (unpaired) electrons. The standard InChI is InChI=1S/C9H14O2S/c1-2-5-11-9(10)8(6-12)7-3-4-7/h2,7-8,12H,1,3-6H2. The molecule has 0 aromatic rings. The molecule has 0 aromatic carbocycles. The molecule has 1 rings (SSSR count). The zero-order valence-corrected chi connectivity index (χ0v) is 7.93. The molecular weight excluding hydrogens is 172 g/mol. The van der Waals surface area contributed by atoms with Gasteiger partial charge in [0.15, 0.2) is 0 Å². The van der Waals surface area contributed by atoms with Gasteiger partial charge in [0.1, 0.15) is 6.61 Å². The Bertz CT molecular complexity index is 175. The fourth-order valence-corrected chi connectivity index (χ4v) is 1.61. The van der Waals surface area contributed by atoms with E-state index < -0.39 is 0 Å². The van der Waals surface area contributed by atoms with Crippen molar-refractivity contribution in [3.63, 3.8) is 0 Å². The summed E-state index contributed by atoms with van der Waals surface area (Å²) in [6.45, 7) is 3.80. The number of esters is 1. The van der Waals surface area contributed by atoms with Gasteiger partial charge in [-0.25, -0.2) is 0 Å². The molecule has 1 atom stereocenters. The predicted octanol–water partition coefficient (Wildman–Crippen LogP) is 1.67. The summed E-state index contributed by atoms with van der Waals surface area (Å²) < 4.78 is 4.94. The summed E-state index contributed by atoms with van der Waals surface area (Å²) >= 11 is 4.13.